The van der Waals surface area contributed by atoms with Gasteiger partial charge in [0, 0.05) is 5.56 Å². The molecule has 0 aliphatic heterocycles. The second kappa shape index (κ2) is 7.22. The third-order valence-corrected chi connectivity index (χ3v) is 3.36. The summed E-state index contributed by atoms with van der Waals surface area (Å²) in [5.41, 5.74) is 0.673. The molecule has 110 valence electrons. The topological polar surface area (TPSA) is 35.5 Å². The molecule has 0 aromatic heterocycles. The zero-order chi connectivity index (χ0) is 15.2. The number of carbonyl (C=O) groups excluding carboxylic acids is 1. The van der Waals surface area contributed by atoms with Gasteiger partial charge < -0.3 is 9.47 Å². The highest BCUT2D eigenvalue weighted by atomic mass is 79.9. The van der Waals surface area contributed by atoms with Crippen molar-refractivity contribution in [3.8, 4) is 5.75 Å². The number of ether oxygens (including phenoxy) is 2. The van der Waals surface area contributed by atoms with Crippen LogP contribution in [0.15, 0.2) is 53.0 Å². The van der Waals surface area contributed by atoms with Crippen molar-refractivity contribution in [3.63, 3.8) is 0 Å². The van der Waals surface area contributed by atoms with Gasteiger partial charge in [0.1, 0.15) is 11.6 Å². The van der Waals surface area contributed by atoms with E-state index in [1.54, 1.807) is 19.1 Å². The van der Waals surface area contributed by atoms with E-state index >= 15 is 0 Å². The van der Waals surface area contributed by atoms with Crippen LogP contribution in [0.1, 0.15) is 18.6 Å². The zero-order valence-electron chi connectivity index (χ0n) is 11.4. The minimum absolute atomic E-state index is 0.260. The summed E-state index contributed by atoms with van der Waals surface area (Å²) in [5, 5.41) is 0. The average Bonchev–Trinajstić information content (AvgIpc) is 2.47. The fourth-order valence-electron chi connectivity index (χ4n) is 1.80. The largest absolute Gasteiger partial charge is 0.473 e. The van der Waals surface area contributed by atoms with E-state index in [4.69, 9.17) is 9.47 Å². The molecule has 1 unspecified atom stereocenters. The Kier molecular flexibility index (Phi) is 5.33. The highest BCUT2D eigenvalue weighted by molar-refractivity contribution is 9.10. The van der Waals surface area contributed by atoms with E-state index in [9.17, 15) is 9.18 Å². The molecule has 2 aromatic carbocycles. The molecule has 0 aliphatic rings. The molecular weight excluding hydrogens is 339 g/mol. The third-order valence-electron chi connectivity index (χ3n) is 2.74. The maximum absolute atomic E-state index is 13.1. The van der Waals surface area contributed by atoms with Gasteiger partial charge in [-0.2, -0.15) is 0 Å². The van der Waals surface area contributed by atoms with Crippen molar-refractivity contribution in [1.82, 2.24) is 0 Å². The van der Waals surface area contributed by atoms with E-state index < -0.39 is 12.1 Å². The second-order valence-electron chi connectivity index (χ2n) is 4.24. The van der Waals surface area contributed by atoms with Crippen molar-refractivity contribution >= 4 is 21.9 Å². The first-order valence-electron chi connectivity index (χ1n) is 6.45. The predicted molar refractivity (Wildman–Crippen MR) is 80.5 cm³/mol. The molecule has 1 atom stereocenters. The van der Waals surface area contributed by atoms with Crippen LogP contribution in [-0.2, 0) is 9.53 Å². The molecule has 0 aliphatic carbocycles. The van der Waals surface area contributed by atoms with Crippen LogP contribution in [0.4, 0.5) is 4.39 Å². The quantitative estimate of drug-likeness (QED) is 0.753. The first kappa shape index (κ1) is 15.5. The van der Waals surface area contributed by atoms with Crippen LogP contribution in [0.5, 0.6) is 5.75 Å². The summed E-state index contributed by atoms with van der Waals surface area (Å²) in [4.78, 5) is 12.1. The molecule has 0 radical (unpaired) electrons. The molecule has 0 amide bonds. The number of rotatable bonds is 5. The zero-order valence-corrected chi connectivity index (χ0v) is 13.0. The molecule has 0 spiro atoms. The van der Waals surface area contributed by atoms with Crippen molar-refractivity contribution in [2.75, 3.05) is 6.61 Å². The van der Waals surface area contributed by atoms with Gasteiger partial charge in [-0.25, -0.2) is 9.18 Å². The maximum atomic E-state index is 13.1. The van der Waals surface area contributed by atoms with Crippen molar-refractivity contribution in [3.05, 3.63) is 64.4 Å². The molecule has 2 rings (SSSR count). The Bertz CT molecular complexity index is 616. The molecule has 0 N–H and O–H groups in total. The number of carbonyl (C=O) groups is 1. The van der Waals surface area contributed by atoms with Crippen LogP contribution < -0.4 is 4.74 Å². The molecule has 0 fully saturated rings. The molecule has 2 aromatic rings. The fraction of sp³-hybridized carbons (Fsp3) is 0.188. The van der Waals surface area contributed by atoms with Crippen molar-refractivity contribution in [2.45, 2.75) is 13.0 Å². The van der Waals surface area contributed by atoms with Gasteiger partial charge in [0.25, 0.3) is 0 Å². The second-order valence-corrected chi connectivity index (χ2v) is 5.09. The first-order valence-corrected chi connectivity index (χ1v) is 7.24. The lowest BCUT2D eigenvalue weighted by Gasteiger charge is -2.18. The number of hydrogen-bond donors (Lipinski definition) is 0. The molecule has 3 nitrogen and oxygen atoms in total. The van der Waals surface area contributed by atoms with E-state index in [-0.39, 0.29) is 12.4 Å². The average molecular weight is 353 g/mol. The van der Waals surface area contributed by atoms with Crippen LogP contribution in [-0.4, -0.2) is 12.6 Å². The Morgan fingerprint density at radius 2 is 1.95 bits per heavy atom. The van der Waals surface area contributed by atoms with Gasteiger partial charge in [0.2, 0.25) is 6.10 Å². The number of esters is 1. The molecule has 0 heterocycles. The highest BCUT2D eigenvalue weighted by Crippen LogP contribution is 2.30. The summed E-state index contributed by atoms with van der Waals surface area (Å²) in [7, 11) is 0. The minimum Gasteiger partial charge on any atom is -0.473 e. The molecule has 0 bridgehead atoms. The summed E-state index contributed by atoms with van der Waals surface area (Å²) in [6.45, 7) is 1.99. The summed E-state index contributed by atoms with van der Waals surface area (Å²) < 4.78 is 24.3. The SMILES string of the molecule is CCOC(=O)C(Oc1ccc(F)cc1Br)c1ccccc1. The van der Waals surface area contributed by atoms with Crippen molar-refractivity contribution in [1.29, 1.82) is 0 Å². The summed E-state index contributed by atoms with van der Waals surface area (Å²) >= 11 is 3.22. The van der Waals surface area contributed by atoms with Crippen LogP contribution in [0.2, 0.25) is 0 Å². The molecule has 0 saturated heterocycles. The molecule has 21 heavy (non-hydrogen) atoms. The number of halogens is 2. The Morgan fingerprint density at radius 1 is 1.24 bits per heavy atom. The van der Waals surface area contributed by atoms with Crippen molar-refractivity contribution in [2.24, 2.45) is 0 Å². The van der Waals surface area contributed by atoms with Gasteiger partial charge in [0.15, 0.2) is 0 Å². The van der Waals surface area contributed by atoms with Gasteiger partial charge in [-0.15, -0.1) is 0 Å². The monoisotopic (exact) mass is 352 g/mol. The Labute approximate surface area is 130 Å². The van der Waals surface area contributed by atoms with E-state index in [2.05, 4.69) is 15.9 Å². The normalized spacial score (nSPS) is 11.8. The van der Waals surface area contributed by atoms with E-state index in [1.807, 2.05) is 18.2 Å². The van der Waals surface area contributed by atoms with Gasteiger partial charge in [-0.1, -0.05) is 30.3 Å². The minimum atomic E-state index is -0.895. The number of benzene rings is 2. The fourth-order valence-corrected chi connectivity index (χ4v) is 2.24. The Hall–Kier alpha value is -1.88. The van der Waals surface area contributed by atoms with Gasteiger partial charge >= 0.3 is 5.97 Å². The first-order chi connectivity index (χ1) is 10.1. The third kappa shape index (κ3) is 4.04. The van der Waals surface area contributed by atoms with Crippen LogP contribution in [0.25, 0.3) is 0 Å². The van der Waals surface area contributed by atoms with Crippen LogP contribution >= 0.6 is 15.9 Å². The molecule has 0 saturated carbocycles. The molecule has 5 heteroatoms. The van der Waals surface area contributed by atoms with Crippen LogP contribution in [0.3, 0.4) is 0 Å². The van der Waals surface area contributed by atoms with Crippen molar-refractivity contribution < 1.29 is 18.7 Å². The Morgan fingerprint density at radius 3 is 2.57 bits per heavy atom. The smallest absolute Gasteiger partial charge is 0.352 e. The van der Waals surface area contributed by atoms with Gasteiger partial charge in [-0.05, 0) is 41.1 Å². The lowest BCUT2D eigenvalue weighted by atomic mass is 10.1. The summed E-state index contributed by atoms with van der Waals surface area (Å²) in [5.74, 6) is -0.500. The summed E-state index contributed by atoms with van der Waals surface area (Å²) in [6, 6.07) is 13.0. The van der Waals surface area contributed by atoms with E-state index in [1.165, 1.54) is 18.2 Å². The lowest BCUT2D eigenvalue weighted by Crippen LogP contribution is -2.21. The Balaban J connectivity index is 2.30. The van der Waals surface area contributed by atoms with E-state index in [0.717, 1.165) is 0 Å². The maximum Gasteiger partial charge on any atom is 0.352 e. The van der Waals surface area contributed by atoms with E-state index in [0.29, 0.717) is 15.8 Å². The van der Waals surface area contributed by atoms with Gasteiger partial charge in [-0.3, -0.25) is 0 Å². The highest BCUT2D eigenvalue weighted by Gasteiger charge is 2.24. The van der Waals surface area contributed by atoms with Gasteiger partial charge in [0.05, 0.1) is 11.1 Å². The standard InChI is InChI=1S/C16H14BrFO3/c1-2-20-16(19)15(11-6-4-3-5-7-11)21-14-9-8-12(18)10-13(14)17/h3-10,15H,2H2,1H3. The predicted octanol–water partition coefficient (Wildman–Crippen LogP) is 4.27. The number of hydrogen-bond acceptors (Lipinski definition) is 3. The van der Waals surface area contributed by atoms with Crippen LogP contribution in [0, 0.1) is 5.82 Å². The lowest BCUT2D eigenvalue weighted by molar-refractivity contribution is -0.151. The summed E-state index contributed by atoms with van der Waals surface area (Å²) in [6.07, 6.45) is -0.895. The molecular formula is C16H14BrFO3.